The molecular weight excluding hydrogens is 282 g/mol. The maximum absolute atomic E-state index is 6.52. The fraction of sp³-hybridized carbons (Fsp3) is 0.625. The van der Waals surface area contributed by atoms with E-state index in [1.54, 1.807) is 11.3 Å². The Morgan fingerprint density at radius 3 is 2.90 bits per heavy atom. The first-order chi connectivity index (χ1) is 10.1. The van der Waals surface area contributed by atoms with Crippen LogP contribution in [0.5, 0.6) is 0 Å². The lowest BCUT2D eigenvalue weighted by atomic mass is 9.77. The molecule has 4 nitrogen and oxygen atoms in total. The standard InChI is InChI=1S/C16H21N3OS/c1-10-5-7-16(17,8-6-10)15-18-14(20-19-15)13-9-11-3-2-4-12(11)21-13/h9-10H,2-8,17H2,1H3. The summed E-state index contributed by atoms with van der Waals surface area (Å²) >= 11 is 1.80. The molecule has 1 saturated carbocycles. The van der Waals surface area contributed by atoms with Gasteiger partial charge in [0.1, 0.15) is 0 Å². The van der Waals surface area contributed by atoms with Crippen molar-refractivity contribution in [2.45, 2.75) is 57.4 Å². The van der Waals surface area contributed by atoms with E-state index in [0.29, 0.717) is 11.7 Å². The number of fused-ring (bicyclic) bond motifs is 1. The molecule has 21 heavy (non-hydrogen) atoms. The van der Waals surface area contributed by atoms with Crippen LogP contribution in [0.1, 0.15) is 55.3 Å². The van der Waals surface area contributed by atoms with Gasteiger partial charge in [0.05, 0.1) is 10.4 Å². The van der Waals surface area contributed by atoms with E-state index >= 15 is 0 Å². The molecule has 112 valence electrons. The van der Waals surface area contributed by atoms with Crippen molar-refractivity contribution in [2.24, 2.45) is 11.7 Å². The van der Waals surface area contributed by atoms with Crippen molar-refractivity contribution >= 4 is 11.3 Å². The van der Waals surface area contributed by atoms with E-state index in [9.17, 15) is 0 Å². The molecule has 0 aromatic carbocycles. The van der Waals surface area contributed by atoms with Gasteiger partial charge in [-0.1, -0.05) is 12.1 Å². The molecule has 0 saturated heterocycles. The monoisotopic (exact) mass is 303 g/mol. The fourth-order valence-electron chi connectivity index (χ4n) is 3.46. The minimum atomic E-state index is -0.395. The molecule has 0 aliphatic heterocycles. The molecule has 0 atom stereocenters. The Morgan fingerprint density at radius 1 is 1.33 bits per heavy atom. The highest BCUT2D eigenvalue weighted by Crippen LogP contribution is 2.39. The molecule has 0 amide bonds. The van der Waals surface area contributed by atoms with Gasteiger partial charge in [-0.15, -0.1) is 11.3 Å². The van der Waals surface area contributed by atoms with Crippen LogP contribution in [0, 0.1) is 5.92 Å². The largest absolute Gasteiger partial charge is 0.333 e. The van der Waals surface area contributed by atoms with Crippen LogP contribution in [0.25, 0.3) is 10.8 Å². The normalized spacial score (nSPS) is 28.8. The van der Waals surface area contributed by atoms with Gasteiger partial charge in [0, 0.05) is 4.88 Å². The number of nitrogens with zero attached hydrogens (tertiary/aromatic N) is 2. The van der Waals surface area contributed by atoms with Crippen LogP contribution in [-0.2, 0) is 18.4 Å². The molecule has 2 N–H and O–H groups in total. The van der Waals surface area contributed by atoms with E-state index in [2.05, 4.69) is 23.1 Å². The second-order valence-electron chi connectivity index (χ2n) is 6.67. The third-order valence-electron chi connectivity index (χ3n) is 5.00. The number of thiophene rings is 1. The molecule has 2 aliphatic carbocycles. The lowest BCUT2D eigenvalue weighted by Gasteiger charge is -2.33. The summed E-state index contributed by atoms with van der Waals surface area (Å²) in [6.45, 7) is 2.29. The average Bonchev–Trinajstić information content (AvgIpc) is 3.14. The van der Waals surface area contributed by atoms with E-state index in [0.717, 1.165) is 36.5 Å². The van der Waals surface area contributed by atoms with Crippen LogP contribution in [-0.4, -0.2) is 10.1 Å². The lowest BCUT2D eigenvalue weighted by Crippen LogP contribution is -2.41. The van der Waals surface area contributed by atoms with Crippen molar-refractivity contribution in [2.75, 3.05) is 0 Å². The summed E-state index contributed by atoms with van der Waals surface area (Å²) in [4.78, 5) is 7.21. The van der Waals surface area contributed by atoms with Crippen LogP contribution in [0.15, 0.2) is 10.6 Å². The Bertz CT molecular complexity index is 631. The molecule has 2 aliphatic rings. The molecule has 2 aromatic rings. The van der Waals surface area contributed by atoms with E-state index < -0.39 is 5.54 Å². The summed E-state index contributed by atoms with van der Waals surface area (Å²) < 4.78 is 5.50. The zero-order valence-corrected chi connectivity index (χ0v) is 13.2. The van der Waals surface area contributed by atoms with E-state index in [1.165, 1.54) is 29.7 Å². The van der Waals surface area contributed by atoms with Crippen molar-refractivity contribution < 1.29 is 4.52 Å². The summed E-state index contributed by atoms with van der Waals surface area (Å²) in [6, 6.07) is 2.22. The number of aryl methyl sites for hydroxylation is 2. The van der Waals surface area contributed by atoms with Crippen LogP contribution in [0.2, 0.25) is 0 Å². The number of rotatable bonds is 2. The van der Waals surface area contributed by atoms with E-state index in [1.807, 2.05) is 0 Å². The molecule has 1 fully saturated rings. The predicted octanol–water partition coefficient (Wildman–Crippen LogP) is 3.65. The van der Waals surface area contributed by atoms with Crippen molar-refractivity contribution in [1.29, 1.82) is 0 Å². The van der Waals surface area contributed by atoms with Crippen LogP contribution >= 0.6 is 11.3 Å². The van der Waals surface area contributed by atoms with Gasteiger partial charge < -0.3 is 10.3 Å². The second-order valence-corrected chi connectivity index (χ2v) is 7.81. The Balaban J connectivity index is 1.60. The number of hydrogen-bond donors (Lipinski definition) is 1. The maximum atomic E-state index is 6.52. The van der Waals surface area contributed by atoms with Crippen molar-refractivity contribution in [3.8, 4) is 10.8 Å². The van der Waals surface area contributed by atoms with Gasteiger partial charge in [-0.2, -0.15) is 4.98 Å². The third-order valence-corrected chi connectivity index (χ3v) is 6.22. The minimum absolute atomic E-state index is 0.395. The molecule has 0 radical (unpaired) electrons. The van der Waals surface area contributed by atoms with Gasteiger partial charge in [-0.3, -0.25) is 0 Å². The molecule has 2 heterocycles. The van der Waals surface area contributed by atoms with Gasteiger partial charge in [0.2, 0.25) is 0 Å². The second kappa shape index (κ2) is 4.92. The first-order valence-corrected chi connectivity index (χ1v) is 8.71. The predicted molar refractivity (Wildman–Crippen MR) is 83.1 cm³/mol. The molecular formula is C16H21N3OS. The quantitative estimate of drug-likeness (QED) is 0.919. The van der Waals surface area contributed by atoms with Crippen molar-refractivity contribution in [1.82, 2.24) is 10.1 Å². The van der Waals surface area contributed by atoms with E-state index in [-0.39, 0.29) is 0 Å². The molecule has 5 heteroatoms. The van der Waals surface area contributed by atoms with Gasteiger partial charge >= 0.3 is 0 Å². The van der Waals surface area contributed by atoms with Gasteiger partial charge in [-0.05, 0) is 62.5 Å². The summed E-state index contributed by atoms with van der Waals surface area (Å²) in [5, 5.41) is 4.19. The first kappa shape index (κ1) is 13.5. The summed E-state index contributed by atoms with van der Waals surface area (Å²) in [5.74, 6) is 2.10. The van der Waals surface area contributed by atoms with Crippen LogP contribution in [0.3, 0.4) is 0 Å². The summed E-state index contributed by atoms with van der Waals surface area (Å²) in [7, 11) is 0. The van der Waals surface area contributed by atoms with Crippen LogP contribution < -0.4 is 5.73 Å². The SMILES string of the molecule is CC1CCC(N)(c2noc(-c3cc4c(s3)CCC4)n2)CC1. The van der Waals surface area contributed by atoms with Crippen molar-refractivity contribution in [3.05, 3.63) is 22.3 Å². The smallest absolute Gasteiger partial charge is 0.268 e. The Labute approximate surface area is 128 Å². The zero-order valence-electron chi connectivity index (χ0n) is 12.4. The number of aromatic nitrogens is 2. The van der Waals surface area contributed by atoms with Crippen LogP contribution in [0.4, 0.5) is 0 Å². The Hall–Kier alpha value is -1.20. The van der Waals surface area contributed by atoms with E-state index in [4.69, 9.17) is 10.3 Å². The topological polar surface area (TPSA) is 64.9 Å². The zero-order chi connectivity index (χ0) is 14.4. The average molecular weight is 303 g/mol. The third kappa shape index (κ3) is 2.32. The molecule has 0 unspecified atom stereocenters. The minimum Gasteiger partial charge on any atom is -0.333 e. The molecule has 0 bridgehead atoms. The Kier molecular flexibility index (Phi) is 3.15. The Morgan fingerprint density at radius 2 is 2.14 bits per heavy atom. The summed E-state index contributed by atoms with van der Waals surface area (Å²) in [6.07, 6.45) is 7.86. The van der Waals surface area contributed by atoms with Gasteiger partial charge in [0.25, 0.3) is 5.89 Å². The van der Waals surface area contributed by atoms with Gasteiger partial charge in [-0.25, -0.2) is 0 Å². The first-order valence-electron chi connectivity index (χ1n) is 7.89. The van der Waals surface area contributed by atoms with Crippen molar-refractivity contribution in [3.63, 3.8) is 0 Å². The summed E-state index contributed by atoms with van der Waals surface area (Å²) in [5.41, 5.74) is 7.59. The highest BCUT2D eigenvalue weighted by atomic mass is 32.1. The highest BCUT2D eigenvalue weighted by molar-refractivity contribution is 7.15. The molecule has 0 spiro atoms. The number of hydrogen-bond acceptors (Lipinski definition) is 5. The molecule has 4 rings (SSSR count). The maximum Gasteiger partial charge on any atom is 0.268 e. The van der Waals surface area contributed by atoms with Gasteiger partial charge in [0.15, 0.2) is 5.82 Å². The number of nitrogens with two attached hydrogens (primary N) is 1. The fourth-order valence-corrected chi connectivity index (χ4v) is 4.64. The lowest BCUT2D eigenvalue weighted by molar-refractivity contribution is 0.230. The molecule has 2 aromatic heterocycles. The highest BCUT2D eigenvalue weighted by Gasteiger charge is 2.36.